The summed E-state index contributed by atoms with van der Waals surface area (Å²) in [6.07, 6.45) is 0. The van der Waals surface area contributed by atoms with Gasteiger partial charge in [0.05, 0.1) is 6.61 Å². The van der Waals surface area contributed by atoms with E-state index in [0.717, 1.165) is 12.1 Å². The number of hydrogen-bond donors (Lipinski definition) is 3. The normalized spacial score (nSPS) is 13.1. The second kappa shape index (κ2) is 5.93. The number of hydrogen-bond acceptors (Lipinski definition) is 3. The largest absolute Gasteiger partial charge is 0.503 e. The minimum atomic E-state index is -0.980. The maximum atomic E-state index is 13.0. The number of aromatic hydroxyl groups is 1. The number of halogens is 2. The molecule has 3 N–H and O–H groups in total. The topological polar surface area (TPSA) is 52.5 Å². The van der Waals surface area contributed by atoms with Crippen LogP contribution in [0.1, 0.15) is 19.4 Å². The van der Waals surface area contributed by atoms with Crippen molar-refractivity contribution in [2.75, 3.05) is 6.61 Å². The van der Waals surface area contributed by atoms with Gasteiger partial charge in [0.1, 0.15) is 0 Å². The maximum Gasteiger partial charge on any atom is 0.187 e. The molecule has 0 saturated carbocycles. The van der Waals surface area contributed by atoms with Gasteiger partial charge in [-0.2, -0.15) is 0 Å². The highest BCUT2D eigenvalue weighted by atomic mass is 19.1. The third-order valence-electron chi connectivity index (χ3n) is 2.65. The van der Waals surface area contributed by atoms with Gasteiger partial charge in [0.15, 0.2) is 17.4 Å². The highest BCUT2D eigenvalue weighted by molar-refractivity contribution is 5.29. The second-order valence-electron chi connectivity index (χ2n) is 4.32. The summed E-state index contributed by atoms with van der Waals surface area (Å²) < 4.78 is 26.1. The predicted molar refractivity (Wildman–Crippen MR) is 60.6 cm³/mol. The lowest BCUT2D eigenvalue weighted by Crippen LogP contribution is -2.36. The lowest BCUT2D eigenvalue weighted by Gasteiger charge is -2.20. The van der Waals surface area contributed by atoms with Crippen LogP contribution in [0.15, 0.2) is 12.1 Å². The summed E-state index contributed by atoms with van der Waals surface area (Å²) in [6, 6.07) is 2.01. The standard InChI is InChI=1S/C12H17F2NO2/c1-7(2)11(6-16)15-5-8-3-9(13)12(17)10(14)4-8/h3-4,7,11,15-17H,5-6H2,1-2H3/t11-/m1/s1. The average Bonchev–Trinajstić information content (AvgIpc) is 2.26. The van der Waals surface area contributed by atoms with Crippen LogP contribution in [0.5, 0.6) is 5.75 Å². The van der Waals surface area contributed by atoms with Crippen LogP contribution >= 0.6 is 0 Å². The van der Waals surface area contributed by atoms with E-state index in [-0.39, 0.29) is 25.1 Å². The van der Waals surface area contributed by atoms with Crippen LogP contribution in [0.25, 0.3) is 0 Å². The van der Waals surface area contributed by atoms with E-state index < -0.39 is 17.4 Å². The molecule has 1 atom stereocenters. The van der Waals surface area contributed by atoms with Crippen LogP contribution in [-0.2, 0) is 6.54 Å². The summed E-state index contributed by atoms with van der Waals surface area (Å²) in [5, 5.41) is 21.0. The van der Waals surface area contributed by atoms with Gasteiger partial charge in [-0.1, -0.05) is 13.8 Å². The Balaban J connectivity index is 2.69. The lowest BCUT2D eigenvalue weighted by molar-refractivity contribution is 0.210. The first-order chi connectivity index (χ1) is 7.95. The third-order valence-corrected chi connectivity index (χ3v) is 2.65. The van der Waals surface area contributed by atoms with Crippen molar-refractivity contribution in [2.45, 2.75) is 26.4 Å². The zero-order chi connectivity index (χ0) is 13.0. The van der Waals surface area contributed by atoms with Gasteiger partial charge in [-0.15, -0.1) is 0 Å². The van der Waals surface area contributed by atoms with Crippen molar-refractivity contribution in [3.63, 3.8) is 0 Å². The fourth-order valence-electron chi connectivity index (χ4n) is 1.48. The summed E-state index contributed by atoms with van der Waals surface area (Å²) in [7, 11) is 0. The smallest absolute Gasteiger partial charge is 0.187 e. The molecule has 0 aromatic heterocycles. The van der Waals surface area contributed by atoms with Crippen LogP contribution in [0.3, 0.4) is 0 Å². The van der Waals surface area contributed by atoms with Crippen molar-refractivity contribution in [3.05, 3.63) is 29.3 Å². The molecule has 1 aromatic rings. The molecule has 0 fully saturated rings. The molecule has 3 nitrogen and oxygen atoms in total. The van der Waals surface area contributed by atoms with Crippen LogP contribution < -0.4 is 5.32 Å². The minimum absolute atomic E-state index is 0.0410. The molecule has 0 bridgehead atoms. The lowest BCUT2D eigenvalue weighted by atomic mass is 10.0. The summed E-state index contributed by atoms with van der Waals surface area (Å²) in [5.41, 5.74) is 0.386. The molecule has 0 saturated heterocycles. The number of nitrogens with one attached hydrogen (secondary N) is 1. The van der Waals surface area contributed by atoms with Gasteiger partial charge >= 0.3 is 0 Å². The van der Waals surface area contributed by atoms with E-state index in [4.69, 9.17) is 10.2 Å². The molecule has 0 spiro atoms. The van der Waals surface area contributed by atoms with E-state index in [9.17, 15) is 8.78 Å². The number of rotatable bonds is 5. The van der Waals surface area contributed by atoms with E-state index in [0.29, 0.717) is 5.56 Å². The molecule has 5 heteroatoms. The van der Waals surface area contributed by atoms with Gasteiger partial charge in [0.2, 0.25) is 0 Å². The molecule has 0 aliphatic heterocycles. The predicted octanol–water partition coefficient (Wildman–Crippen LogP) is 1.78. The van der Waals surface area contributed by atoms with Crippen molar-refractivity contribution in [1.82, 2.24) is 5.32 Å². The molecule has 0 amide bonds. The first-order valence-corrected chi connectivity index (χ1v) is 5.46. The van der Waals surface area contributed by atoms with E-state index in [1.54, 1.807) is 0 Å². The summed E-state index contributed by atoms with van der Waals surface area (Å²) in [4.78, 5) is 0. The Morgan fingerprint density at radius 1 is 1.24 bits per heavy atom. The van der Waals surface area contributed by atoms with Gasteiger partial charge in [-0.05, 0) is 23.6 Å². The third kappa shape index (κ3) is 3.64. The van der Waals surface area contributed by atoms with Crippen LogP contribution in [-0.4, -0.2) is 22.9 Å². The average molecular weight is 245 g/mol. The Labute approximate surface area is 99.1 Å². The monoisotopic (exact) mass is 245 g/mol. The molecule has 96 valence electrons. The van der Waals surface area contributed by atoms with Crippen molar-refractivity contribution in [2.24, 2.45) is 5.92 Å². The van der Waals surface area contributed by atoms with Crippen molar-refractivity contribution >= 4 is 0 Å². The highest BCUT2D eigenvalue weighted by Gasteiger charge is 2.13. The molecule has 0 aliphatic rings. The van der Waals surface area contributed by atoms with Gasteiger partial charge in [0, 0.05) is 12.6 Å². The van der Waals surface area contributed by atoms with Gasteiger partial charge < -0.3 is 15.5 Å². The number of phenols is 1. The Morgan fingerprint density at radius 3 is 2.18 bits per heavy atom. The molecule has 17 heavy (non-hydrogen) atoms. The van der Waals surface area contributed by atoms with Gasteiger partial charge in [0.25, 0.3) is 0 Å². The minimum Gasteiger partial charge on any atom is -0.503 e. The fraction of sp³-hybridized carbons (Fsp3) is 0.500. The Bertz CT molecular complexity index is 360. The Kier molecular flexibility index (Phi) is 4.84. The number of aliphatic hydroxyl groups is 1. The summed E-state index contributed by atoms with van der Waals surface area (Å²) in [5.74, 6) is -2.71. The Hall–Kier alpha value is -1.20. The van der Waals surface area contributed by atoms with Crippen molar-refractivity contribution < 1.29 is 19.0 Å². The molecule has 0 aliphatic carbocycles. The van der Waals surface area contributed by atoms with Crippen molar-refractivity contribution in [1.29, 1.82) is 0 Å². The van der Waals surface area contributed by atoms with E-state index >= 15 is 0 Å². The molecule has 0 heterocycles. The fourth-order valence-corrected chi connectivity index (χ4v) is 1.48. The zero-order valence-electron chi connectivity index (χ0n) is 9.87. The van der Waals surface area contributed by atoms with Crippen molar-refractivity contribution in [3.8, 4) is 5.75 Å². The van der Waals surface area contributed by atoms with Gasteiger partial charge in [-0.3, -0.25) is 0 Å². The van der Waals surface area contributed by atoms with Crippen LogP contribution in [0.2, 0.25) is 0 Å². The first-order valence-electron chi connectivity index (χ1n) is 5.46. The van der Waals surface area contributed by atoms with Crippen LogP contribution in [0.4, 0.5) is 8.78 Å². The highest BCUT2D eigenvalue weighted by Crippen LogP contribution is 2.21. The van der Waals surface area contributed by atoms with E-state index in [1.165, 1.54) is 0 Å². The number of aliphatic hydroxyl groups excluding tert-OH is 1. The summed E-state index contributed by atoms with van der Waals surface area (Å²) >= 11 is 0. The quantitative estimate of drug-likeness (QED) is 0.741. The first kappa shape index (κ1) is 13.9. The molecule has 1 rings (SSSR count). The molecule has 0 unspecified atom stereocenters. The van der Waals surface area contributed by atoms with E-state index in [2.05, 4.69) is 5.32 Å². The second-order valence-corrected chi connectivity index (χ2v) is 4.32. The zero-order valence-corrected chi connectivity index (χ0v) is 9.87. The maximum absolute atomic E-state index is 13.0. The molecule has 1 aromatic carbocycles. The Morgan fingerprint density at radius 2 is 1.76 bits per heavy atom. The van der Waals surface area contributed by atoms with Crippen LogP contribution in [0, 0.1) is 17.6 Å². The number of benzene rings is 1. The van der Waals surface area contributed by atoms with Gasteiger partial charge in [-0.25, -0.2) is 8.78 Å². The summed E-state index contributed by atoms with van der Waals surface area (Å²) in [6.45, 7) is 4.07. The molecule has 0 radical (unpaired) electrons. The molecular formula is C12H17F2NO2. The number of phenolic OH excluding ortho intramolecular Hbond substituents is 1. The SMILES string of the molecule is CC(C)[C@@H](CO)NCc1cc(F)c(O)c(F)c1. The molecular weight excluding hydrogens is 228 g/mol. The van der Waals surface area contributed by atoms with E-state index in [1.807, 2.05) is 13.8 Å².